The first-order chi connectivity index (χ1) is 12.7. The van der Waals surface area contributed by atoms with Gasteiger partial charge in [0.05, 0.1) is 6.20 Å². The molecular formula is C23H39NO2. The van der Waals surface area contributed by atoms with Crippen molar-refractivity contribution in [2.45, 2.75) is 103 Å². The van der Waals surface area contributed by atoms with Crippen LogP contribution in [0.5, 0.6) is 5.75 Å². The maximum absolute atomic E-state index is 11.1. The van der Waals surface area contributed by atoms with E-state index in [0.29, 0.717) is 0 Å². The minimum atomic E-state index is -0.332. The Morgan fingerprint density at radius 2 is 1.35 bits per heavy atom. The average Bonchev–Trinajstić information content (AvgIpc) is 2.64. The summed E-state index contributed by atoms with van der Waals surface area (Å²) < 4.78 is 1.72. The van der Waals surface area contributed by atoms with Crippen molar-refractivity contribution in [3.05, 3.63) is 34.8 Å². The van der Waals surface area contributed by atoms with E-state index in [1.807, 2.05) is 6.20 Å². The maximum atomic E-state index is 11.1. The molecule has 0 aliphatic rings. The van der Waals surface area contributed by atoms with Gasteiger partial charge < -0.3 is 9.67 Å². The lowest BCUT2D eigenvalue weighted by molar-refractivity contribution is 0.466. The Bertz CT molecular complexity index is 533. The number of allylic oxidation sites excluding steroid dienone is 1. The van der Waals surface area contributed by atoms with Crippen LogP contribution in [0.3, 0.4) is 0 Å². The zero-order valence-corrected chi connectivity index (χ0v) is 16.8. The first-order valence-corrected chi connectivity index (χ1v) is 10.8. The van der Waals surface area contributed by atoms with Crippen molar-refractivity contribution in [2.75, 3.05) is 0 Å². The molecule has 148 valence electrons. The van der Waals surface area contributed by atoms with Crippen LogP contribution < -0.4 is 5.43 Å². The van der Waals surface area contributed by atoms with E-state index in [1.165, 1.54) is 102 Å². The lowest BCUT2D eigenvalue weighted by Gasteiger charge is -2.03. The summed E-state index contributed by atoms with van der Waals surface area (Å²) in [7, 11) is 0. The second-order valence-corrected chi connectivity index (χ2v) is 7.41. The fourth-order valence-electron chi connectivity index (χ4n) is 3.23. The highest BCUT2D eigenvalue weighted by Gasteiger charge is 1.95. The molecular weight excluding hydrogens is 322 g/mol. The minimum Gasteiger partial charge on any atom is -0.503 e. The van der Waals surface area contributed by atoms with E-state index < -0.39 is 0 Å². The summed E-state index contributed by atoms with van der Waals surface area (Å²) in [6.07, 6.45) is 27.5. The summed E-state index contributed by atoms with van der Waals surface area (Å²) in [6, 6.07) is 1.38. The second kappa shape index (κ2) is 15.7. The number of aromatic hydroxyl groups is 1. The lowest BCUT2D eigenvalue weighted by Crippen LogP contribution is -2.00. The summed E-state index contributed by atoms with van der Waals surface area (Å²) in [5, 5.41) is 9.37. The molecule has 0 bridgehead atoms. The Hall–Kier alpha value is -1.51. The molecule has 1 aromatic rings. The number of nitrogens with zero attached hydrogens (tertiary/aromatic N) is 1. The zero-order chi connectivity index (χ0) is 18.9. The predicted molar refractivity (Wildman–Crippen MR) is 113 cm³/mol. The highest BCUT2D eigenvalue weighted by molar-refractivity contribution is 5.27. The fraction of sp³-hybridized carbons (Fsp3) is 0.696. The van der Waals surface area contributed by atoms with Crippen molar-refractivity contribution >= 4 is 6.20 Å². The molecule has 1 aromatic heterocycles. The van der Waals surface area contributed by atoms with Crippen molar-refractivity contribution in [1.82, 2.24) is 4.57 Å². The molecule has 0 amide bonds. The fourth-order valence-corrected chi connectivity index (χ4v) is 3.23. The molecule has 1 N–H and O–H groups in total. The summed E-state index contributed by atoms with van der Waals surface area (Å²) in [5.41, 5.74) is -0.332. The third-order valence-corrected chi connectivity index (χ3v) is 4.92. The van der Waals surface area contributed by atoms with Crippen molar-refractivity contribution in [2.24, 2.45) is 0 Å². The molecule has 0 radical (unpaired) electrons. The van der Waals surface area contributed by atoms with Gasteiger partial charge in [-0.2, -0.15) is 0 Å². The number of hydrogen-bond acceptors (Lipinski definition) is 2. The van der Waals surface area contributed by atoms with Crippen LogP contribution in [0.25, 0.3) is 6.20 Å². The zero-order valence-electron chi connectivity index (χ0n) is 16.8. The second-order valence-electron chi connectivity index (χ2n) is 7.41. The average molecular weight is 362 g/mol. The summed E-state index contributed by atoms with van der Waals surface area (Å²) in [5.74, 6) is -0.200. The molecule has 0 spiro atoms. The molecule has 0 saturated carbocycles. The van der Waals surface area contributed by atoms with Crippen LogP contribution in [0.15, 0.2) is 29.3 Å². The molecule has 3 heteroatoms. The topological polar surface area (TPSA) is 42.2 Å². The molecule has 1 rings (SSSR count). The molecule has 1 heterocycles. The Balaban J connectivity index is 1.85. The summed E-state index contributed by atoms with van der Waals surface area (Å²) in [4.78, 5) is 11.1. The van der Waals surface area contributed by atoms with E-state index in [1.54, 1.807) is 10.8 Å². The van der Waals surface area contributed by atoms with E-state index >= 15 is 0 Å². The van der Waals surface area contributed by atoms with Crippen LogP contribution in [-0.4, -0.2) is 9.67 Å². The molecule has 3 nitrogen and oxygen atoms in total. The highest BCUT2D eigenvalue weighted by Crippen LogP contribution is 2.13. The van der Waals surface area contributed by atoms with Crippen LogP contribution >= 0.6 is 0 Å². The quantitative estimate of drug-likeness (QED) is 0.325. The van der Waals surface area contributed by atoms with Crippen molar-refractivity contribution in [1.29, 1.82) is 0 Å². The van der Waals surface area contributed by atoms with E-state index in [0.717, 1.165) is 6.42 Å². The molecule has 26 heavy (non-hydrogen) atoms. The van der Waals surface area contributed by atoms with Crippen molar-refractivity contribution < 1.29 is 5.11 Å². The largest absolute Gasteiger partial charge is 0.503 e. The standard InChI is InChI=1S/C23H39NO2/c1-2-3-4-5-6-7-8-9-10-11-12-13-14-15-16-17-19-24-20-18-22(25)23(26)21-24/h17-21,26H,2-16H2,1H3. The van der Waals surface area contributed by atoms with Gasteiger partial charge in [0.2, 0.25) is 5.43 Å². The summed E-state index contributed by atoms with van der Waals surface area (Å²) >= 11 is 0. The molecule has 0 aromatic carbocycles. The van der Waals surface area contributed by atoms with Gasteiger partial charge >= 0.3 is 0 Å². The molecule has 0 unspecified atom stereocenters. The lowest BCUT2D eigenvalue weighted by atomic mass is 10.0. The number of aromatic nitrogens is 1. The van der Waals surface area contributed by atoms with Crippen LogP contribution in [0, 0.1) is 0 Å². The van der Waals surface area contributed by atoms with E-state index in [9.17, 15) is 9.90 Å². The molecule has 0 fully saturated rings. The van der Waals surface area contributed by atoms with Gasteiger partial charge in [-0.1, -0.05) is 96.5 Å². The van der Waals surface area contributed by atoms with Gasteiger partial charge in [0.15, 0.2) is 5.75 Å². The Labute approximate surface area is 160 Å². The Morgan fingerprint density at radius 1 is 0.846 bits per heavy atom. The van der Waals surface area contributed by atoms with Crippen molar-refractivity contribution in [3.63, 3.8) is 0 Å². The van der Waals surface area contributed by atoms with Gasteiger partial charge in [-0.05, 0) is 12.8 Å². The van der Waals surface area contributed by atoms with Crippen LogP contribution in [-0.2, 0) is 0 Å². The van der Waals surface area contributed by atoms with Gasteiger partial charge in [-0.25, -0.2) is 0 Å². The monoisotopic (exact) mass is 361 g/mol. The minimum absolute atomic E-state index is 0.200. The van der Waals surface area contributed by atoms with Gasteiger partial charge in [0.25, 0.3) is 0 Å². The summed E-state index contributed by atoms with van der Waals surface area (Å²) in [6.45, 7) is 2.28. The van der Waals surface area contributed by atoms with E-state index in [2.05, 4.69) is 13.0 Å². The predicted octanol–water partition coefficient (Wildman–Crippen LogP) is 6.90. The number of hydrogen-bond donors (Lipinski definition) is 1. The van der Waals surface area contributed by atoms with Gasteiger partial charge in [-0.15, -0.1) is 0 Å². The number of pyridine rings is 1. The first kappa shape index (κ1) is 22.5. The number of rotatable bonds is 16. The first-order valence-electron chi connectivity index (χ1n) is 10.8. The van der Waals surface area contributed by atoms with E-state index in [4.69, 9.17) is 0 Å². The maximum Gasteiger partial charge on any atom is 0.223 e. The Morgan fingerprint density at radius 3 is 1.85 bits per heavy atom. The molecule has 0 atom stereocenters. The van der Waals surface area contributed by atoms with Gasteiger partial charge in [0, 0.05) is 18.5 Å². The third kappa shape index (κ3) is 11.9. The Kier molecular flexibility index (Phi) is 13.6. The van der Waals surface area contributed by atoms with Crippen molar-refractivity contribution in [3.8, 4) is 5.75 Å². The van der Waals surface area contributed by atoms with Gasteiger partial charge in [0.1, 0.15) is 0 Å². The van der Waals surface area contributed by atoms with Crippen LogP contribution in [0.2, 0.25) is 0 Å². The SMILES string of the molecule is CCCCCCCCCCCCCCCCC=Cn1ccc(=O)c(O)c1. The number of unbranched alkanes of at least 4 members (excludes halogenated alkanes) is 14. The third-order valence-electron chi connectivity index (χ3n) is 4.92. The normalized spacial score (nSPS) is 11.4. The van der Waals surface area contributed by atoms with Crippen LogP contribution in [0.4, 0.5) is 0 Å². The van der Waals surface area contributed by atoms with Gasteiger partial charge in [-0.3, -0.25) is 4.79 Å². The smallest absolute Gasteiger partial charge is 0.223 e. The van der Waals surface area contributed by atoms with E-state index in [-0.39, 0.29) is 11.2 Å². The highest BCUT2D eigenvalue weighted by atomic mass is 16.3. The molecule has 0 saturated heterocycles. The molecule has 0 aliphatic carbocycles. The van der Waals surface area contributed by atoms with Crippen LogP contribution in [0.1, 0.15) is 103 Å². The molecule has 0 aliphatic heterocycles.